The summed E-state index contributed by atoms with van der Waals surface area (Å²) in [5, 5.41) is 0.542. The molecule has 8 heteroatoms. The second-order valence-corrected chi connectivity index (χ2v) is 4.46. The minimum atomic E-state index is -4.61. The molecule has 0 amide bonds. The Labute approximate surface area is 116 Å². The van der Waals surface area contributed by atoms with E-state index in [0.29, 0.717) is 5.02 Å². The van der Waals surface area contributed by atoms with Crippen molar-refractivity contribution < 1.29 is 13.2 Å². The van der Waals surface area contributed by atoms with Crippen LogP contribution in [0.25, 0.3) is 11.3 Å². The van der Waals surface area contributed by atoms with Crippen LogP contribution in [0.2, 0.25) is 10.0 Å². The van der Waals surface area contributed by atoms with E-state index < -0.39 is 17.8 Å². The Morgan fingerprint density at radius 2 is 1.74 bits per heavy atom. The number of rotatable bonds is 1. The SMILES string of the molecule is Nc1nc(-c2cc(Cl)ccc2Cl)cc(C(F)(F)F)n1. The molecule has 0 saturated heterocycles. The van der Waals surface area contributed by atoms with Gasteiger partial charge in [-0.25, -0.2) is 9.97 Å². The number of nitrogens with zero attached hydrogens (tertiary/aromatic N) is 2. The summed E-state index contributed by atoms with van der Waals surface area (Å²) in [6.07, 6.45) is -4.61. The predicted octanol–water partition coefficient (Wildman–Crippen LogP) is 4.05. The zero-order valence-electron chi connectivity index (χ0n) is 9.17. The highest BCUT2D eigenvalue weighted by Crippen LogP contribution is 2.34. The highest BCUT2D eigenvalue weighted by molar-refractivity contribution is 6.35. The quantitative estimate of drug-likeness (QED) is 0.864. The van der Waals surface area contributed by atoms with Crippen molar-refractivity contribution in [3.8, 4) is 11.3 Å². The number of benzene rings is 1. The van der Waals surface area contributed by atoms with E-state index >= 15 is 0 Å². The maximum absolute atomic E-state index is 12.6. The second-order valence-electron chi connectivity index (χ2n) is 3.62. The van der Waals surface area contributed by atoms with Crippen LogP contribution in [0.5, 0.6) is 0 Å². The highest BCUT2D eigenvalue weighted by atomic mass is 35.5. The fraction of sp³-hybridized carbons (Fsp3) is 0.0909. The van der Waals surface area contributed by atoms with E-state index in [1.54, 1.807) is 0 Å². The number of nitrogen functional groups attached to an aromatic ring is 1. The van der Waals surface area contributed by atoms with Gasteiger partial charge in [0, 0.05) is 10.6 Å². The first-order chi connectivity index (χ1) is 8.77. The Balaban J connectivity index is 2.63. The van der Waals surface area contributed by atoms with Crippen LogP contribution < -0.4 is 5.73 Å². The van der Waals surface area contributed by atoms with E-state index in [2.05, 4.69) is 9.97 Å². The molecule has 1 heterocycles. The van der Waals surface area contributed by atoms with Crippen molar-refractivity contribution >= 4 is 29.2 Å². The molecule has 0 bridgehead atoms. The van der Waals surface area contributed by atoms with Crippen molar-refractivity contribution in [1.29, 1.82) is 0 Å². The second kappa shape index (κ2) is 4.86. The molecular weight excluding hydrogens is 302 g/mol. The Bertz CT molecular complexity index is 629. The van der Waals surface area contributed by atoms with Gasteiger partial charge in [0.2, 0.25) is 5.95 Å². The normalized spacial score (nSPS) is 11.6. The lowest BCUT2D eigenvalue weighted by atomic mass is 10.1. The molecule has 0 atom stereocenters. The highest BCUT2D eigenvalue weighted by Gasteiger charge is 2.33. The van der Waals surface area contributed by atoms with E-state index in [9.17, 15) is 13.2 Å². The smallest absolute Gasteiger partial charge is 0.368 e. The number of aromatic nitrogens is 2. The van der Waals surface area contributed by atoms with Gasteiger partial charge in [0.05, 0.1) is 10.7 Å². The third kappa shape index (κ3) is 3.08. The lowest BCUT2D eigenvalue weighted by Crippen LogP contribution is -2.11. The monoisotopic (exact) mass is 307 g/mol. The van der Waals surface area contributed by atoms with Gasteiger partial charge in [-0.15, -0.1) is 0 Å². The fourth-order valence-corrected chi connectivity index (χ4v) is 1.83. The van der Waals surface area contributed by atoms with Crippen LogP contribution in [0, 0.1) is 0 Å². The third-order valence-corrected chi connectivity index (χ3v) is 2.80. The zero-order valence-corrected chi connectivity index (χ0v) is 10.7. The summed E-state index contributed by atoms with van der Waals surface area (Å²) in [5.41, 5.74) is 4.37. The van der Waals surface area contributed by atoms with Crippen LogP contribution in [-0.2, 0) is 6.18 Å². The van der Waals surface area contributed by atoms with Gasteiger partial charge in [-0.05, 0) is 24.3 Å². The number of hydrogen-bond acceptors (Lipinski definition) is 3. The van der Waals surface area contributed by atoms with Crippen molar-refractivity contribution in [2.24, 2.45) is 0 Å². The number of nitrogens with two attached hydrogens (primary N) is 1. The largest absolute Gasteiger partial charge is 0.433 e. The number of hydrogen-bond donors (Lipinski definition) is 1. The van der Waals surface area contributed by atoms with E-state index in [-0.39, 0.29) is 16.3 Å². The zero-order chi connectivity index (χ0) is 14.2. The van der Waals surface area contributed by atoms with Crippen LogP contribution >= 0.6 is 23.2 Å². The molecule has 0 saturated carbocycles. The van der Waals surface area contributed by atoms with Gasteiger partial charge in [0.25, 0.3) is 0 Å². The molecule has 2 rings (SSSR count). The molecule has 100 valence electrons. The molecule has 0 aliphatic carbocycles. The summed E-state index contributed by atoms with van der Waals surface area (Å²) in [7, 11) is 0. The summed E-state index contributed by atoms with van der Waals surface area (Å²) in [5.74, 6) is -0.485. The molecule has 3 nitrogen and oxygen atoms in total. The van der Waals surface area contributed by atoms with Gasteiger partial charge in [0.1, 0.15) is 0 Å². The molecule has 0 unspecified atom stereocenters. The van der Waals surface area contributed by atoms with Crippen molar-refractivity contribution in [2.45, 2.75) is 6.18 Å². The Hall–Kier alpha value is -1.53. The van der Waals surface area contributed by atoms with E-state index in [1.807, 2.05) is 0 Å². The van der Waals surface area contributed by atoms with Crippen molar-refractivity contribution in [3.05, 3.63) is 40.0 Å². The van der Waals surface area contributed by atoms with E-state index in [0.717, 1.165) is 6.07 Å². The molecular formula is C11H6Cl2F3N3. The minimum absolute atomic E-state index is 0.0349. The standard InChI is InChI=1S/C11H6Cl2F3N3/c12-5-1-2-7(13)6(3-5)8-4-9(11(14,15)16)19-10(17)18-8/h1-4H,(H2,17,18,19). The molecule has 0 aliphatic rings. The van der Waals surface area contributed by atoms with Gasteiger partial charge < -0.3 is 5.73 Å². The fourth-order valence-electron chi connectivity index (χ4n) is 1.44. The van der Waals surface area contributed by atoms with Crippen LogP contribution in [0.3, 0.4) is 0 Å². The molecule has 1 aromatic heterocycles. The Morgan fingerprint density at radius 3 is 2.37 bits per heavy atom. The first-order valence-electron chi connectivity index (χ1n) is 4.94. The van der Waals surface area contributed by atoms with Gasteiger partial charge >= 0.3 is 6.18 Å². The summed E-state index contributed by atoms with van der Waals surface area (Å²) >= 11 is 11.7. The summed E-state index contributed by atoms with van der Waals surface area (Å²) in [6, 6.07) is 5.16. The molecule has 1 aromatic carbocycles. The van der Waals surface area contributed by atoms with Crippen LogP contribution in [-0.4, -0.2) is 9.97 Å². The summed E-state index contributed by atoms with van der Waals surface area (Å²) < 4.78 is 37.9. The predicted molar refractivity (Wildman–Crippen MR) is 66.9 cm³/mol. The lowest BCUT2D eigenvalue weighted by Gasteiger charge is -2.10. The van der Waals surface area contributed by atoms with Crippen LogP contribution in [0.4, 0.5) is 19.1 Å². The van der Waals surface area contributed by atoms with Crippen LogP contribution in [0.1, 0.15) is 5.69 Å². The molecule has 2 N–H and O–H groups in total. The molecule has 19 heavy (non-hydrogen) atoms. The lowest BCUT2D eigenvalue weighted by molar-refractivity contribution is -0.141. The molecule has 0 radical (unpaired) electrons. The van der Waals surface area contributed by atoms with Crippen molar-refractivity contribution in [1.82, 2.24) is 9.97 Å². The summed E-state index contributed by atoms with van der Waals surface area (Å²) in [4.78, 5) is 6.89. The van der Waals surface area contributed by atoms with Crippen LogP contribution in [0.15, 0.2) is 24.3 Å². The third-order valence-electron chi connectivity index (χ3n) is 2.24. The Morgan fingerprint density at radius 1 is 1.05 bits per heavy atom. The molecule has 2 aromatic rings. The van der Waals surface area contributed by atoms with Gasteiger partial charge in [-0.3, -0.25) is 0 Å². The number of halogens is 5. The van der Waals surface area contributed by atoms with Gasteiger partial charge in [-0.2, -0.15) is 13.2 Å². The van der Waals surface area contributed by atoms with Gasteiger partial charge in [-0.1, -0.05) is 23.2 Å². The molecule has 0 spiro atoms. The van der Waals surface area contributed by atoms with E-state index in [1.165, 1.54) is 18.2 Å². The minimum Gasteiger partial charge on any atom is -0.368 e. The Kier molecular flexibility index (Phi) is 3.56. The molecule has 0 aliphatic heterocycles. The van der Waals surface area contributed by atoms with E-state index in [4.69, 9.17) is 28.9 Å². The van der Waals surface area contributed by atoms with Crippen molar-refractivity contribution in [3.63, 3.8) is 0 Å². The first-order valence-corrected chi connectivity index (χ1v) is 5.70. The molecule has 0 fully saturated rings. The average molecular weight is 308 g/mol. The average Bonchev–Trinajstić information content (AvgIpc) is 2.30. The summed E-state index contributed by atoms with van der Waals surface area (Å²) in [6.45, 7) is 0. The number of anilines is 1. The number of alkyl halides is 3. The van der Waals surface area contributed by atoms with Crippen molar-refractivity contribution in [2.75, 3.05) is 5.73 Å². The first kappa shape index (κ1) is 13.9. The van der Waals surface area contributed by atoms with Gasteiger partial charge in [0.15, 0.2) is 5.69 Å². The topological polar surface area (TPSA) is 51.8 Å². The maximum atomic E-state index is 12.6. The maximum Gasteiger partial charge on any atom is 0.433 e.